The maximum absolute atomic E-state index is 14.3. The van der Waals surface area contributed by atoms with E-state index in [-0.39, 0.29) is 29.8 Å². The summed E-state index contributed by atoms with van der Waals surface area (Å²) in [6, 6.07) is 12.4. The van der Waals surface area contributed by atoms with Crippen molar-refractivity contribution in [1.29, 1.82) is 0 Å². The van der Waals surface area contributed by atoms with Gasteiger partial charge in [-0.3, -0.25) is 14.6 Å². The van der Waals surface area contributed by atoms with Gasteiger partial charge in [-0.2, -0.15) is 5.21 Å². The number of benzene rings is 2. The minimum atomic E-state index is -0.649. The van der Waals surface area contributed by atoms with Crippen LogP contribution in [0, 0.1) is 11.3 Å². The minimum absolute atomic E-state index is 0.119. The van der Waals surface area contributed by atoms with Gasteiger partial charge in [0.25, 0.3) is 11.8 Å². The molecule has 0 saturated heterocycles. The Morgan fingerprint density at radius 3 is 2.34 bits per heavy atom. The number of H-pyrrole nitrogens is 1. The second kappa shape index (κ2) is 11.5. The van der Waals surface area contributed by atoms with Crippen molar-refractivity contribution >= 4 is 40.7 Å². The van der Waals surface area contributed by atoms with Crippen LogP contribution in [-0.2, 0) is 11.3 Å². The number of carbonyl (C=O) groups excluding carboxylic acids is 2. The Morgan fingerprint density at radius 1 is 1.12 bits per heavy atom. The van der Waals surface area contributed by atoms with E-state index in [0.29, 0.717) is 45.0 Å². The van der Waals surface area contributed by atoms with Crippen molar-refractivity contribution in [2.24, 2.45) is 16.3 Å². The van der Waals surface area contributed by atoms with E-state index < -0.39 is 5.66 Å². The van der Waals surface area contributed by atoms with E-state index in [4.69, 9.17) is 28.2 Å². The molecule has 0 radical (unpaired) electrons. The molecule has 2 heterocycles. The average molecular weight is 597 g/mol. The topological polar surface area (TPSA) is 116 Å². The van der Waals surface area contributed by atoms with E-state index >= 15 is 0 Å². The quantitative estimate of drug-likeness (QED) is 0.339. The van der Waals surface area contributed by atoms with Crippen LogP contribution in [0.15, 0.2) is 47.5 Å². The first-order valence-electron chi connectivity index (χ1n) is 14.0. The lowest BCUT2D eigenvalue weighted by Crippen LogP contribution is -2.51. The lowest BCUT2D eigenvalue weighted by molar-refractivity contribution is -0.133. The molecule has 1 aromatic heterocycles. The maximum atomic E-state index is 14.3. The highest BCUT2D eigenvalue weighted by Gasteiger charge is 2.52. The van der Waals surface area contributed by atoms with Crippen LogP contribution in [0.2, 0.25) is 10.0 Å². The summed E-state index contributed by atoms with van der Waals surface area (Å²) < 4.78 is 0. The van der Waals surface area contributed by atoms with Gasteiger partial charge in [0.15, 0.2) is 5.82 Å². The van der Waals surface area contributed by atoms with E-state index in [1.807, 2.05) is 17.0 Å². The number of amides is 2. The lowest BCUT2D eigenvalue weighted by Gasteiger charge is -2.47. The maximum Gasteiger partial charge on any atom is 0.275 e. The van der Waals surface area contributed by atoms with Crippen molar-refractivity contribution in [1.82, 2.24) is 30.8 Å². The van der Waals surface area contributed by atoms with Crippen LogP contribution in [-0.4, -0.2) is 48.7 Å². The minimum Gasteiger partial charge on any atom is -0.345 e. The van der Waals surface area contributed by atoms with Crippen LogP contribution >= 0.6 is 23.2 Å². The fourth-order valence-electron chi connectivity index (χ4n) is 6.16. The van der Waals surface area contributed by atoms with Gasteiger partial charge in [-0.15, -0.1) is 10.2 Å². The summed E-state index contributed by atoms with van der Waals surface area (Å²) >= 11 is 12.7. The van der Waals surface area contributed by atoms with E-state index in [1.54, 1.807) is 30.3 Å². The van der Waals surface area contributed by atoms with Gasteiger partial charge in [-0.25, -0.2) is 0 Å². The third kappa shape index (κ3) is 6.02. The predicted octanol–water partition coefficient (Wildman–Crippen LogP) is 6.15. The molecule has 2 aliphatic rings. The normalized spacial score (nSPS) is 21.7. The Labute approximate surface area is 250 Å². The first-order valence-corrected chi connectivity index (χ1v) is 14.8. The monoisotopic (exact) mass is 595 g/mol. The fraction of sp³-hybridized carbons (Fsp3) is 0.467. The van der Waals surface area contributed by atoms with Crippen LogP contribution < -0.4 is 5.32 Å². The summed E-state index contributed by atoms with van der Waals surface area (Å²) in [5.41, 5.74) is 2.03. The predicted molar refractivity (Wildman–Crippen MR) is 159 cm³/mol. The highest BCUT2D eigenvalue weighted by Crippen LogP contribution is 2.49. The Morgan fingerprint density at radius 2 is 1.78 bits per heavy atom. The zero-order chi connectivity index (χ0) is 29.4. The smallest absolute Gasteiger partial charge is 0.275 e. The first-order chi connectivity index (χ1) is 19.5. The van der Waals surface area contributed by atoms with E-state index in [1.165, 1.54) is 0 Å². The van der Waals surface area contributed by atoms with Crippen LogP contribution in [0.5, 0.6) is 0 Å². The van der Waals surface area contributed by atoms with Gasteiger partial charge in [-0.05, 0) is 79.3 Å². The molecule has 1 atom stereocenters. The van der Waals surface area contributed by atoms with Crippen molar-refractivity contribution < 1.29 is 9.59 Å². The summed E-state index contributed by atoms with van der Waals surface area (Å²) in [6.45, 7) is 9.09. The molecule has 1 aliphatic carbocycles. The number of nitrogens with one attached hydrogen (secondary N) is 2. The number of hydrogen-bond donors (Lipinski definition) is 2. The molecule has 1 saturated carbocycles. The molecule has 2 amide bonds. The van der Waals surface area contributed by atoms with E-state index in [9.17, 15) is 9.59 Å². The molecular formula is C30H35Cl2N7O2. The second-order valence-corrected chi connectivity index (χ2v) is 12.8. The fourth-order valence-corrected chi connectivity index (χ4v) is 6.69. The number of aliphatic imine (C=N–C) groups is 1. The van der Waals surface area contributed by atoms with Gasteiger partial charge in [0.1, 0.15) is 11.4 Å². The molecule has 2 N–H and O–H groups in total. The summed E-state index contributed by atoms with van der Waals surface area (Å²) in [4.78, 5) is 34.1. The van der Waals surface area contributed by atoms with Crippen LogP contribution in [0.3, 0.4) is 0 Å². The number of halogens is 2. The molecule has 41 heavy (non-hydrogen) atoms. The number of nitrogens with zero attached hydrogens (tertiary/aromatic N) is 5. The van der Waals surface area contributed by atoms with Crippen LogP contribution in [0.1, 0.15) is 93.2 Å². The molecule has 3 aromatic rings. The highest BCUT2D eigenvalue weighted by atomic mass is 35.5. The number of carbonyl (C=O) groups is 2. The number of aromatic nitrogens is 4. The molecule has 1 fully saturated rings. The Bertz CT molecular complexity index is 1420. The second-order valence-electron chi connectivity index (χ2n) is 12.0. The molecule has 0 bridgehead atoms. The van der Waals surface area contributed by atoms with Crippen molar-refractivity contribution in [2.45, 2.75) is 78.0 Å². The van der Waals surface area contributed by atoms with Gasteiger partial charge >= 0.3 is 0 Å². The molecular weight excluding hydrogens is 561 g/mol. The summed E-state index contributed by atoms with van der Waals surface area (Å²) in [5, 5.41) is 17.3. The zero-order valence-electron chi connectivity index (χ0n) is 23.7. The molecule has 2 aromatic carbocycles. The summed E-state index contributed by atoms with van der Waals surface area (Å²) in [6.07, 6.45) is 4.22. The van der Waals surface area contributed by atoms with Gasteiger partial charge < -0.3 is 10.2 Å². The Hall–Kier alpha value is -3.30. The molecule has 11 heteroatoms. The third-order valence-corrected chi connectivity index (χ3v) is 8.83. The van der Waals surface area contributed by atoms with Crippen molar-refractivity contribution in [3.05, 3.63) is 75.0 Å². The van der Waals surface area contributed by atoms with Gasteiger partial charge in [0.2, 0.25) is 0 Å². The molecule has 5 rings (SSSR count). The van der Waals surface area contributed by atoms with Crippen LogP contribution in [0.25, 0.3) is 0 Å². The molecule has 216 valence electrons. The van der Waals surface area contributed by atoms with E-state index in [2.05, 4.69) is 53.6 Å². The molecule has 1 spiro atoms. The average Bonchev–Trinajstić information content (AvgIpc) is 3.55. The number of rotatable bonds is 7. The highest BCUT2D eigenvalue weighted by molar-refractivity contribution is 6.47. The van der Waals surface area contributed by atoms with Crippen molar-refractivity contribution in [3.8, 4) is 0 Å². The third-order valence-electron chi connectivity index (χ3n) is 8.39. The Balaban J connectivity index is 1.45. The standard InChI is InChI=1S/C30H35Cl2N7O2/c1-5-24(18-6-8-19(9-7-18)27(40)33-17-25-35-37-38-36-25)39-28(41)26(20-14-22(31)16-23(32)15-20)34-30(39)12-10-21(11-13-30)29(2,3)4/h6-9,14-16,21,24H,5,10-13,17H2,1-4H3,(H,33,40)(H,35,36,37,38)/t21?,24-,30?/m1/s1. The summed E-state index contributed by atoms with van der Waals surface area (Å²) in [5.74, 6) is 0.588. The van der Waals surface area contributed by atoms with E-state index in [0.717, 1.165) is 31.2 Å². The first kappa shape index (κ1) is 29.2. The Kier molecular flexibility index (Phi) is 8.21. The zero-order valence-corrected chi connectivity index (χ0v) is 25.3. The SMILES string of the molecule is CC[C@H](c1ccc(C(=O)NCc2nn[nH]n2)cc1)N1C(=O)C(c2cc(Cl)cc(Cl)c2)=NC12CCC(C(C)(C)C)CC2. The number of aromatic amines is 1. The van der Waals surface area contributed by atoms with Gasteiger partial charge in [0.05, 0.1) is 12.6 Å². The van der Waals surface area contributed by atoms with Crippen LogP contribution in [0.4, 0.5) is 0 Å². The van der Waals surface area contributed by atoms with Gasteiger partial charge in [-0.1, -0.05) is 68.2 Å². The molecule has 0 unspecified atom stereocenters. The number of hydrogen-bond acceptors (Lipinski definition) is 6. The largest absolute Gasteiger partial charge is 0.345 e. The summed E-state index contributed by atoms with van der Waals surface area (Å²) in [7, 11) is 0. The van der Waals surface area contributed by atoms with Crippen molar-refractivity contribution in [3.63, 3.8) is 0 Å². The lowest BCUT2D eigenvalue weighted by atomic mass is 9.69. The molecule has 1 aliphatic heterocycles. The van der Waals surface area contributed by atoms with Crippen molar-refractivity contribution in [2.75, 3.05) is 0 Å². The van der Waals surface area contributed by atoms with Gasteiger partial charge in [0, 0.05) is 21.2 Å². The number of tetrazole rings is 1. The molecule has 9 nitrogen and oxygen atoms in total.